The number of hydrogen-bond donors (Lipinski definition) is 2. The van der Waals surface area contributed by atoms with Crippen LogP contribution in [-0.2, 0) is 16.0 Å². The Kier molecular flexibility index (Phi) is 3.29. The monoisotopic (exact) mass is 260 g/mol. The first-order chi connectivity index (χ1) is 9.15. The molecule has 1 amide bonds. The van der Waals surface area contributed by atoms with Gasteiger partial charge in [0.15, 0.2) is 0 Å². The normalized spacial score (nSPS) is 32.5. The van der Waals surface area contributed by atoms with Crippen molar-refractivity contribution in [2.45, 2.75) is 38.0 Å². The van der Waals surface area contributed by atoms with Crippen molar-refractivity contribution in [2.75, 3.05) is 6.61 Å². The Bertz CT molecular complexity index is 489. The fourth-order valence-electron chi connectivity index (χ4n) is 3.17. The Labute approximate surface area is 113 Å². The zero-order valence-corrected chi connectivity index (χ0v) is 11.1. The van der Waals surface area contributed by atoms with Crippen LogP contribution in [0, 0.1) is 12.8 Å². The molecule has 19 heavy (non-hydrogen) atoms. The van der Waals surface area contributed by atoms with E-state index < -0.39 is 0 Å². The number of nitrogens with two attached hydrogens (primary N) is 1. The van der Waals surface area contributed by atoms with Gasteiger partial charge in [-0.3, -0.25) is 4.79 Å². The lowest BCUT2D eigenvalue weighted by Gasteiger charge is -2.45. The average molecular weight is 260 g/mol. The van der Waals surface area contributed by atoms with Crippen LogP contribution in [0.25, 0.3) is 0 Å². The van der Waals surface area contributed by atoms with E-state index >= 15 is 0 Å². The van der Waals surface area contributed by atoms with E-state index in [0.29, 0.717) is 12.3 Å². The summed E-state index contributed by atoms with van der Waals surface area (Å²) in [5.74, 6) is 0.462. The standard InChI is InChI=1S/C15H20N2O2/c1-9-3-2-4-10(7-9)8-12(18)17-14-13(16)11-5-6-19-15(11)14/h2-4,7,11,13-15H,5-6,8,16H2,1H3,(H,17,18). The number of ether oxygens (including phenoxy) is 1. The predicted octanol–water partition coefficient (Wildman–Crippen LogP) is 0.768. The summed E-state index contributed by atoms with van der Waals surface area (Å²) in [7, 11) is 0. The van der Waals surface area contributed by atoms with Crippen LogP contribution in [0.2, 0.25) is 0 Å². The number of carbonyl (C=O) groups excluding carboxylic acids is 1. The molecule has 2 aliphatic rings. The maximum absolute atomic E-state index is 12.0. The molecule has 3 N–H and O–H groups in total. The first-order valence-corrected chi connectivity index (χ1v) is 6.87. The van der Waals surface area contributed by atoms with Crippen molar-refractivity contribution < 1.29 is 9.53 Å². The largest absolute Gasteiger partial charge is 0.376 e. The smallest absolute Gasteiger partial charge is 0.224 e. The van der Waals surface area contributed by atoms with Crippen LogP contribution >= 0.6 is 0 Å². The Morgan fingerprint density at radius 1 is 1.53 bits per heavy atom. The van der Waals surface area contributed by atoms with Crippen molar-refractivity contribution in [2.24, 2.45) is 11.7 Å². The summed E-state index contributed by atoms with van der Waals surface area (Å²) in [6, 6.07) is 8.06. The molecule has 4 heteroatoms. The summed E-state index contributed by atoms with van der Waals surface area (Å²) in [5.41, 5.74) is 8.29. The van der Waals surface area contributed by atoms with Gasteiger partial charge in [0.2, 0.25) is 5.91 Å². The predicted molar refractivity (Wildman–Crippen MR) is 72.6 cm³/mol. The number of aryl methyl sites for hydroxylation is 1. The van der Waals surface area contributed by atoms with Crippen molar-refractivity contribution in [1.29, 1.82) is 0 Å². The second-order valence-electron chi connectivity index (χ2n) is 5.62. The number of rotatable bonds is 3. The maximum atomic E-state index is 12.0. The molecular weight excluding hydrogens is 240 g/mol. The minimum atomic E-state index is -0.00944. The van der Waals surface area contributed by atoms with Gasteiger partial charge in [0.25, 0.3) is 0 Å². The topological polar surface area (TPSA) is 64.4 Å². The van der Waals surface area contributed by atoms with Gasteiger partial charge in [-0.05, 0) is 18.9 Å². The van der Waals surface area contributed by atoms with Crippen LogP contribution in [0.3, 0.4) is 0 Å². The maximum Gasteiger partial charge on any atom is 0.224 e. The summed E-state index contributed by atoms with van der Waals surface area (Å²) >= 11 is 0. The molecular formula is C15H20N2O2. The molecule has 0 aromatic heterocycles. The molecule has 4 atom stereocenters. The van der Waals surface area contributed by atoms with Gasteiger partial charge >= 0.3 is 0 Å². The SMILES string of the molecule is Cc1cccc(CC(=O)NC2C(N)C3CCOC32)c1. The number of fused-ring (bicyclic) bond motifs is 1. The Balaban J connectivity index is 1.57. The molecule has 1 aromatic carbocycles. The molecule has 1 heterocycles. The third-order valence-corrected chi connectivity index (χ3v) is 4.22. The number of benzene rings is 1. The highest BCUT2D eigenvalue weighted by Crippen LogP contribution is 2.37. The Morgan fingerprint density at radius 3 is 3.16 bits per heavy atom. The minimum absolute atomic E-state index is 0.00944. The molecule has 2 fully saturated rings. The van der Waals surface area contributed by atoms with Crippen molar-refractivity contribution in [3.8, 4) is 0 Å². The molecule has 4 unspecified atom stereocenters. The molecule has 4 nitrogen and oxygen atoms in total. The first kappa shape index (κ1) is 12.6. The number of hydrogen-bond acceptors (Lipinski definition) is 3. The number of amides is 1. The van der Waals surface area contributed by atoms with Gasteiger partial charge in [-0.1, -0.05) is 29.8 Å². The molecule has 0 bridgehead atoms. The third-order valence-electron chi connectivity index (χ3n) is 4.22. The first-order valence-electron chi connectivity index (χ1n) is 6.87. The van der Waals surface area contributed by atoms with Gasteiger partial charge in [-0.25, -0.2) is 0 Å². The van der Waals surface area contributed by atoms with Crippen LogP contribution in [0.15, 0.2) is 24.3 Å². The summed E-state index contributed by atoms with van der Waals surface area (Å²) in [6.45, 7) is 2.80. The fourth-order valence-corrected chi connectivity index (χ4v) is 3.17. The molecule has 1 saturated carbocycles. The summed E-state index contributed by atoms with van der Waals surface area (Å²) in [6.07, 6.45) is 1.56. The molecule has 1 aromatic rings. The molecule has 1 saturated heterocycles. The molecule has 3 rings (SSSR count). The van der Waals surface area contributed by atoms with E-state index in [-0.39, 0.29) is 24.1 Å². The lowest BCUT2D eigenvalue weighted by atomic mass is 9.72. The highest BCUT2D eigenvalue weighted by Gasteiger charge is 2.52. The van der Waals surface area contributed by atoms with Gasteiger partial charge < -0.3 is 15.8 Å². The third kappa shape index (κ3) is 2.38. The Hall–Kier alpha value is -1.39. The van der Waals surface area contributed by atoms with Crippen LogP contribution in [0.1, 0.15) is 17.5 Å². The molecule has 1 aliphatic carbocycles. The van der Waals surface area contributed by atoms with Crippen molar-refractivity contribution >= 4 is 5.91 Å². The zero-order chi connectivity index (χ0) is 13.4. The zero-order valence-electron chi connectivity index (χ0n) is 11.1. The fraction of sp³-hybridized carbons (Fsp3) is 0.533. The van der Waals surface area contributed by atoms with Gasteiger partial charge in [0, 0.05) is 18.6 Å². The highest BCUT2D eigenvalue weighted by atomic mass is 16.5. The van der Waals surface area contributed by atoms with Gasteiger partial charge in [-0.15, -0.1) is 0 Å². The average Bonchev–Trinajstić information content (AvgIpc) is 2.80. The Morgan fingerprint density at radius 2 is 2.37 bits per heavy atom. The summed E-state index contributed by atoms with van der Waals surface area (Å²) in [4.78, 5) is 12.0. The van der Waals surface area contributed by atoms with E-state index in [1.54, 1.807) is 0 Å². The quantitative estimate of drug-likeness (QED) is 0.843. The van der Waals surface area contributed by atoms with Crippen molar-refractivity contribution in [1.82, 2.24) is 5.32 Å². The van der Waals surface area contributed by atoms with Crippen LogP contribution in [-0.4, -0.2) is 30.7 Å². The minimum Gasteiger partial charge on any atom is -0.376 e. The van der Waals surface area contributed by atoms with Crippen LogP contribution < -0.4 is 11.1 Å². The number of carbonyl (C=O) groups is 1. The lowest BCUT2D eigenvalue weighted by molar-refractivity contribution is -0.125. The van der Waals surface area contributed by atoms with E-state index in [9.17, 15) is 4.79 Å². The van der Waals surface area contributed by atoms with Crippen molar-refractivity contribution in [3.05, 3.63) is 35.4 Å². The molecule has 102 valence electrons. The van der Waals surface area contributed by atoms with Gasteiger partial charge in [0.1, 0.15) is 0 Å². The van der Waals surface area contributed by atoms with Crippen LogP contribution in [0.5, 0.6) is 0 Å². The molecule has 1 aliphatic heterocycles. The van der Waals surface area contributed by atoms with Gasteiger partial charge in [0.05, 0.1) is 18.6 Å². The van der Waals surface area contributed by atoms with E-state index in [2.05, 4.69) is 5.32 Å². The second kappa shape index (κ2) is 4.94. The second-order valence-corrected chi connectivity index (χ2v) is 5.62. The molecule has 0 radical (unpaired) electrons. The van der Waals surface area contributed by atoms with E-state index in [1.165, 1.54) is 5.56 Å². The van der Waals surface area contributed by atoms with E-state index in [0.717, 1.165) is 18.6 Å². The van der Waals surface area contributed by atoms with Gasteiger partial charge in [-0.2, -0.15) is 0 Å². The lowest BCUT2D eigenvalue weighted by Crippen LogP contribution is -2.69. The summed E-state index contributed by atoms with van der Waals surface area (Å²) in [5, 5.41) is 3.02. The van der Waals surface area contributed by atoms with Crippen molar-refractivity contribution in [3.63, 3.8) is 0 Å². The van der Waals surface area contributed by atoms with E-state index in [4.69, 9.17) is 10.5 Å². The van der Waals surface area contributed by atoms with E-state index in [1.807, 2.05) is 31.2 Å². The highest BCUT2D eigenvalue weighted by molar-refractivity contribution is 5.79. The molecule has 0 spiro atoms. The summed E-state index contributed by atoms with van der Waals surface area (Å²) < 4.78 is 5.61. The van der Waals surface area contributed by atoms with Crippen LogP contribution in [0.4, 0.5) is 0 Å². The number of nitrogens with one attached hydrogen (secondary N) is 1.